The van der Waals surface area contributed by atoms with Crippen LogP contribution in [0.1, 0.15) is 37.9 Å². The molecule has 2 heteroatoms. The van der Waals surface area contributed by atoms with Crippen LogP contribution in [-0.4, -0.2) is 5.78 Å². The lowest BCUT2D eigenvalue weighted by Crippen LogP contribution is -2.16. The Bertz CT molecular complexity index is 283. The molecule has 0 bridgehead atoms. The van der Waals surface area contributed by atoms with Gasteiger partial charge in [-0.1, -0.05) is 19.3 Å². The highest BCUT2D eigenvalue weighted by Gasteiger charge is 2.20. The van der Waals surface area contributed by atoms with Gasteiger partial charge in [-0.2, -0.15) is 0 Å². The minimum absolute atomic E-state index is 0.395. The van der Waals surface area contributed by atoms with Crippen LogP contribution in [0.3, 0.4) is 0 Å². The molecule has 0 amide bonds. The Labute approximate surface area is 84.3 Å². The summed E-state index contributed by atoms with van der Waals surface area (Å²) in [6.07, 6.45) is 7.68. The molecule has 0 spiro atoms. The van der Waals surface area contributed by atoms with Gasteiger partial charge in [0.25, 0.3) is 0 Å². The van der Waals surface area contributed by atoms with E-state index >= 15 is 0 Å². The quantitative estimate of drug-likeness (QED) is 0.718. The Kier molecular flexibility index (Phi) is 3.02. The summed E-state index contributed by atoms with van der Waals surface area (Å²) in [5.41, 5.74) is 0. The van der Waals surface area contributed by atoms with Gasteiger partial charge in [0.1, 0.15) is 11.5 Å². The second kappa shape index (κ2) is 4.45. The smallest absolute Gasteiger partial charge is 0.133 e. The summed E-state index contributed by atoms with van der Waals surface area (Å²) in [4.78, 5) is 11.5. The van der Waals surface area contributed by atoms with Gasteiger partial charge in [0.05, 0.1) is 6.26 Å². The van der Waals surface area contributed by atoms with Gasteiger partial charge >= 0.3 is 0 Å². The van der Waals surface area contributed by atoms with Crippen molar-refractivity contribution in [2.45, 2.75) is 38.5 Å². The normalized spacial score (nSPS) is 16.6. The summed E-state index contributed by atoms with van der Waals surface area (Å²) >= 11 is 0. The second-order valence-electron chi connectivity index (χ2n) is 4.12. The van der Waals surface area contributed by atoms with Crippen molar-refractivity contribution in [2.75, 3.05) is 0 Å². The number of ketones is 1. The molecule has 1 aromatic heterocycles. The zero-order valence-corrected chi connectivity index (χ0v) is 8.37. The first-order valence-corrected chi connectivity index (χ1v) is 5.38. The monoisotopic (exact) mass is 192 g/mol. The molecule has 1 aromatic rings. The van der Waals surface area contributed by atoms with Crippen LogP contribution in [0.4, 0.5) is 0 Å². The predicted molar refractivity (Wildman–Crippen MR) is 54.0 cm³/mol. The topological polar surface area (TPSA) is 30.2 Å². The molecule has 1 saturated carbocycles. The fourth-order valence-electron chi connectivity index (χ4n) is 1.84. The molecule has 0 unspecified atom stereocenters. The van der Waals surface area contributed by atoms with Crippen molar-refractivity contribution in [3.05, 3.63) is 24.2 Å². The third-order valence-electron chi connectivity index (χ3n) is 2.97. The summed E-state index contributed by atoms with van der Waals surface area (Å²) in [6.45, 7) is 0. The van der Waals surface area contributed by atoms with Crippen molar-refractivity contribution in [3.63, 3.8) is 0 Å². The van der Waals surface area contributed by atoms with E-state index in [1.165, 1.54) is 19.3 Å². The third kappa shape index (κ3) is 2.47. The van der Waals surface area contributed by atoms with E-state index in [0.29, 0.717) is 18.1 Å². The molecule has 0 saturated heterocycles. The molecular formula is C12H16O2. The van der Waals surface area contributed by atoms with Gasteiger partial charge in [-0.3, -0.25) is 4.79 Å². The predicted octanol–water partition coefficient (Wildman–Crippen LogP) is 2.97. The standard InChI is InChI=1S/C12H16O2/c13-11(9-10-3-1-4-10)6-7-12-5-2-8-14-12/h2,5,8,10H,1,3-4,6-7,9H2. The summed E-state index contributed by atoms with van der Waals surface area (Å²) in [7, 11) is 0. The number of hydrogen-bond acceptors (Lipinski definition) is 2. The summed E-state index contributed by atoms with van der Waals surface area (Å²) in [6, 6.07) is 3.79. The number of furan rings is 1. The van der Waals surface area contributed by atoms with Crippen molar-refractivity contribution in [3.8, 4) is 0 Å². The molecule has 1 heterocycles. The average Bonchev–Trinajstić information content (AvgIpc) is 2.60. The minimum Gasteiger partial charge on any atom is -0.469 e. The molecule has 1 aliphatic carbocycles. The summed E-state index contributed by atoms with van der Waals surface area (Å²) in [5, 5.41) is 0. The first kappa shape index (κ1) is 9.50. The maximum atomic E-state index is 11.5. The van der Waals surface area contributed by atoms with E-state index in [0.717, 1.165) is 18.6 Å². The summed E-state index contributed by atoms with van der Waals surface area (Å²) in [5.74, 6) is 2.01. The van der Waals surface area contributed by atoms with E-state index in [1.807, 2.05) is 12.1 Å². The zero-order valence-electron chi connectivity index (χ0n) is 8.37. The minimum atomic E-state index is 0.395. The van der Waals surface area contributed by atoms with Gasteiger partial charge in [-0.05, 0) is 18.1 Å². The van der Waals surface area contributed by atoms with Gasteiger partial charge in [-0.25, -0.2) is 0 Å². The number of rotatable bonds is 5. The largest absolute Gasteiger partial charge is 0.469 e. The first-order chi connectivity index (χ1) is 6.84. The Morgan fingerprint density at radius 3 is 2.93 bits per heavy atom. The Morgan fingerprint density at radius 1 is 1.50 bits per heavy atom. The van der Waals surface area contributed by atoms with Crippen molar-refractivity contribution in [1.29, 1.82) is 0 Å². The van der Waals surface area contributed by atoms with Crippen LogP contribution in [0.5, 0.6) is 0 Å². The van der Waals surface area contributed by atoms with Gasteiger partial charge in [0, 0.05) is 19.3 Å². The fraction of sp³-hybridized carbons (Fsp3) is 0.583. The number of aryl methyl sites for hydroxylation is 1. The van der Waals surface area contributed by atoms with Crippen LogP contribution >= 0.6 is 0 Å². The number of carbonyl (C=O) groups is 1. The number of carbonyl (C=O) groups excluding carboxylic acids is 1. The fourth-order valence-corrected chi connectivity index (χ4v) is 1.84. The lowest BCUT2D eigenvalue weighted by atomic mass is 9.81. The molecule has 76 valence electrons. The highest BCUT2D eigenvalue weighted by atomic mass is 16.3. The average molecular weight is 192 g/mol. The molecule has 1 aliphatic rings. The van der Waals surface area contributed by atoms with Gasteiger partial charge < -0.3 is 4.42 Å². The molecule has 2 rings (SSSR count). The Balaban J connectivity index is 1.67. The SMILES string of the molecule is O=C(CCc1ccco1)CC1CCC1. The highest BCUT2D eigenvalue weighted by molar-refractivity contribution is 5.78. The van der Waals surface area contributed by atoms with Crippen molar-refractivity contribution < 1.29 is 9.21 Å². The van der Waals surface area contributed by atoms with E-state index in [1.54, 1.807) is 6.26 Å². The van der Waals surface area contributed by atoms with E-state index in [2.05, 4.69) is 0 Å². The third-order valence-corrected chi connectivity index (χ3v) is 2.97. The highest BCUT2D eigenvalue weighted by Crippen LogP contribution is 2.29. The Morgan fingerprint density at radius 2 is 2.36 bits per heavy atom. The maximum Gasteiger partial charge on any atom is 0.133 e. The summed E-state index contributed by atoms with van der Waals surface area (Å²) < 4.78 is 5.18. The number of Topliss-reactive ketones (excluding diaryl/α,β-unsaturated/α-hetero) is 1. The molecule has 1 fully saturated rings. The molecule has 0 aliphatic heterocycles. The van der Waals surface area contributed by atoms with E-state index in [9.17, 15) is 4.79 Å². The molecule has 2 nitrogen and oxygen atoms in total. The van der Waals surface area contributed by atoms with E-state index in [4.69, 9.17) is 4.42 Å². The van der Waals surface area contributed by atoms with Crippen LogP contribution < -0.4 is 0 Å². The van der Waals surface area contributed by atoms with Crippen molar-refractivity contribution in [1.82, 2.24) is 0 Å². The van der Waals surface area contributed by atoms with Gasteiger partial charge in [-0.15, -0.1) is 0 Å². The molecule has 0 N–H and O–H groups in total. The Hall–Kier alpha value is -1.05. The lowest BCUT2D eigenvalue weighted by Gasteiger charge is -2.24. The van der Waals surface area contributed by atoms with Crippen LogP contribution in [0.2, 0.25) is 0 Å². The van der Waals surface area contributed by atoms with Gasteiger partial charge in [0.15, 0.2) is 0 Å². The second-order valence-corrected chi connectivity index (χ2v) is 4.12. The van der Waals surface area contributed by atoms with E-state index in [-0.39, 0.29) is 0 Å². The van der Waals surface area contributed by atoms with Crippen LogP contribution in [0.25, 0.3) is 0 Å². The van der Waals surface area contributed by atoms with Crippen molar-refractivity contribution in [2.24, 2.45) is 5.92 Å². The number of hydrogen-bond donors (Lipinski definition) is 0. The van der Waals surface area contributed by atoms with E-state index < -0.39 is 0 Å². The van der Waals surface area contributed by atoms with Gasteiger partial charge in [0.2, 0.25) is 0 Å². The molecule has 0 atom stereocenters. The lowest BCUT2D eigenvalue weighted by molar-refractivity contribution is -0.120. The first-order valence-electron chi connectivity index (χ1n) is 5.38. The van der Waals surface area contributed by atoms with Crippen molar-refractivity contribution >= 4 is 5.78 Å². The molecule has 14 heavy (non-hydrogen) atoms. The van der Waals surface area contributed by atoms with Crippen LogP contribution in [0.15, 0.2) is 22.8 Å². The molecular weight excluding hydrogens is 176 g/mol. The molecule has 0 radical (unpaired) electrons. The maximum absolute atomic E-state index is 11.5. The molecule has 0 aromatic carbocycles. The zero-order chi connectivity index (χ0) is 9.80. The van der Waals surface area contributed by atoms with Crippen LogP contribution in [-0.2, 0) is 11.2 Å². The van der Waals surface area contributed by atoms with Crippen LogP contribution in [0, 0.1) is 5.92 Å².